The highest BCUT2D eigenvalue weighted by Crippen LogP contribution is 2.40. The van der Waals surface area contributed by atoms with Crippen molar-refractivity contribution in [3.8, 4) is 0 Å². The van der Waals surface area contributed by atoms with Gasteiger partial charge in [-0.3, -0.25) is 4.79 Å². The Bertz CT molecular complexity index is 851. The molecule has 1 aromatic carbocycles. The lowest BCUT2D eigenvalue weighted by atomic mass is 9.88. The van der Waals surface area contributed by atoms with E-state index < -0.39 is 0 Å². The highest BCUT2D eigenvalue weighted by Gasteiger charge is 2.28. The first kappa shape index (κ1) is 20.6. The average molecular weight is 400 g/mol. The van der Waals surface area contributed by atoms with Gasteiger partial charge in [-0.1, -0.05) is 45.0 Å². The Morgan fingerprint density at radius 3 is 2.61 bits per heavy atom. The van der Waals surface area contributed by atoms with E-state index in [0.29, 0.717) is 35.2 Å². The number of hydrogen-bond acceptors (Lipinski definition) is 4. The van der Waals surface area contributed by atoms with Crippen molar-refractivity contribution in [2.75, 3.05) is 12.4 Å². The number of carbonyl (C=O) groups excluding carboxylic acids is 2. The lowest BCUT2D eigenvalue weighted by molar-refractivity contribution is -0.116. The molecular formula is C23H29NO3S. The van der Waals surface area contributed by atoms with E-state index in [1.54, 1.807) is 0 Å². The minimum atomic E-state index is -0.355. The Balaban J connectivity index is 1.69. The number of benzene rings is 1. The lowest BCUT2D eigenvalue weighted by Crippen LogP contribution is -2.16. The molecule has 1 aromatic heterocycles. The maximum absolute atomic E-state index is 12.5. The van der Waals surface area contributed by atoms with Gasteiger partial charge >= 0.3 is 5.97 Å². The average Bonchev–Trinajstić information content (AvgIpc) is 3.02. The van der Waals surface area contributed by atoms with Crippen LogP contribution in [0.3, 0.4) is 0 Å². The third-order valence-corrected chi connectivity index (χ3v) is 6.61. The number of esters is 1. The molecule has 1 heterocycles. The van der Waals surface area contributed by atoms with Gasteiger partial charge in [-0.25, -0.2) is 4.79 Å². The van der Waals surface area contributed by atoms with E-state index in [4.69, 9.17) is 4.74 Å². The largest absolute Gasteiger partial charge is 0.465 e. The number of hydrogen-bond donors (Lipinski definition) is 1. The molecule has 1 amide bonds. The molecule has 0 radical (unpaired) electrons. The minimum absolute atomic E-state index is 0.0651. The van der Waals surface area contributed by atoms with Crippen LogP contribution in [0.4, 0.5) is 5.00 Å². The van der Waals surface area contributed by atoms with Crippen molar-refractivity contribution in [2.24, 2.45) is 5.92 Å². The molecule has 5 heteroatoms. The molecule has 3 rings (SSSR count). The van der Waals surface area contributed by atoms with E-state index in [0.717, 1.165) is 30.4 Å². The van der Waals surface area contributed by atoms with Crippen molar-refractivity contribution < 1.29 is 14.3 Å². The van der Waals surface area contributed by atoms with Crippen LogP contribution in [0.1, 0.15) is 71.5 Å². The number of aryl methyl sites for hydroxylation is 1. The van der Waals surface area contributed by atoms with Crippen LogP contribution in [-0.2, 0) is 28.8 Å². The molecule has 0 aliphatic heterocycles. The highest BCUT2D eigenvalue weighted by molar-refractivity contribution is 7.17. The Labute approximate surface area is 171 Å². The van der Waals surface area contributed by atoms with Crippen molar-refractivity contribution in [1.82, 2.24) is 0 Å². The summed E-state index contributed by atoms with van der Waals surface area (Å²) in [5, 5.41) is 3.62. The number of thiophene rings is 1. The van der Waals surface area contributed by atoms with E-state index in [9.17, 15) is 9.59 Å². The second-order valence-corrected chi connectivity index (χ2v) is 9.10. The first-order valence-electron chi connectivity index (χ1n) is 10.0. The molecule has 0 bridgehead atoms. The molecule has 4 nitrogen and oxygen atoms in total. The van der Waals surface area contributed by atoms with Crippen LogP contribution in [0.25, 0.3) is 0 Å². The fraction of sp³-hybridized carbons (Fsp3) is 0.478. The first-order valence-corrected chi connectivity index (χ1v) is 10.8. The molecule has 1 aliphatic rings. The Morgan fingerprint density at radius 2 is 1.96 bits per heavy atom. The number of fused-ring (bicyclic) bond motifs is 1. The monoisotopic (exact) mass is 399 g/mol. The summed E-state index contributed by atoms with van der Waals surface area (Å²) in [6.45, 7) is 6.56. The van der Waals surface area contributed by atoms with Gasteiger partial charge in [0.25, 0.3) is 0 Å². The van der Waals surface area contributed by atoms with Gasteiger partial charge in [0.15, 0.2) is 0 Å². The summed E-state index contributed by atoms with van der Waals surface area (Å²) in [5.41, 5.74) is 4.07. The maximum atomic E-state index is 12.5. The maximum Gasteiger partial charge on any atom is 0.341 e. The SMILES string of the molecule is COC(=O)c1c(NC(=O)CCc2ccc(C(C)C)cc2)sc2c1CCC(C)C2. The van der Waals surface area contributed by atoms with E-state index in [-0.39, 0.29) is 11.9 Å². The van der Waals surface area contributed by atoms with Gasteiger partial charge in [0.05, 0.1) is 12.7 Å². The normalized spacial score (nSPS) is 16.0. The smallest absolute Gasteiger partial charge is 0.341 e. The lowest BCUT2D eigenvalue weighted by Gasteiger charge is -2.18. The molecule has 0 fully saturated rings. The Morgan fingerprint density at radius 1 is 1.25 bits per heavy atom. The number of ether oxygens (including phenoxy) is 1. The minimum Gasteiger partial charge on any atom is -0.465 e. The predicted octanol–water partition coefficient (Wildman–Crippen LogP) is 5.35. The quantitative estimate of drug-likeness (QED) is 0.666. The zero-order valence-corrected chi connectivity index (χ0v) is 17.9. The van der Waals surface area contributed by atoms with Crippen LogP contribution >= 0.6 is 11.3 Å². The third-order valence-electron chi connectivity index (χ3n) is 5.44. The van der Waals surface area contributed by atoms with Crippen LogP contribution < -0.4 is 5.32 Å². The molecule has 0 spiro atoms. The zero-order valence-electron chi connectivity index (χ0n) is 17.1. The molecular weight excluding hydrogens is 370 g/mol. The fourth-order valence-corrected chi connectivity index (χ4v) is 5.09. The number of methoxy groups -OCH3 is 1. The van der Waals surface area contributed by atoms with E-state index in [1.165, 1.54) is 28.9 Å². The highest BCUT2D eigenvalue weighted by atomic mass is 32.1. The second kappa shape index (κ2) is 8.91. The number of rotatable bonds is 6. The molecule has 1 unspecified atom stereocenters. The number of carbonyl (C=O) groups is 2. The second-order valence-electron chi connectivity index (χ2n) is 7.99. The van der Waals surface area contributed by atoms with Crippen molar-refractivity contribution >= 4 is 28.2 Å². The number of anilines is 1. The van der Waals surface area contributed by atoms with Gasteiger partial charge in [0.1, 0.15) is 5.00 Å². The van der Waals surface area contributed by atoms with Crippen LogP contribution in [0, 0.1) is 5.92 Å². The molecule has 0 saturated heterocycles. The Hall–Kier alpha value is -2.14. The molecule has 28 heavy (non-hydrogen) atoms. The van der Waals surface area contributed by atoms with Gasteiger partial charge in [-0.05, 0) is 54.2 Å². The Kier molecular flexibility index (Phi) is 6.55. The molecule has 1 aliphatic carbocycles. The molecule has 1 N–H and O–H groups in total. The first-order chi connectivity index (χ1) is 13.4. The van der Waals surface area contributed by atoms with Crippen molar-refractivity contribution in [3.63, 3.8) is 0 Å². The van der Waals surface area contributed by atoms with Gasteiger partial charge < -0.3 is 10.1 Å². The van der Waals surface area contributed by atoms with E-state index >= 15 is 0 Å². The summed E-state index contributed by atoms with van der Waals surface area (Å²) in [4.78, 5) is 26.1. The van der Waals surface area contributed by atoms with Crippen molar-refractivity contribution in [1.29, 1.82) is 0 Å². The number of amides is 1. The van der Waals surface area contributed by atoms with E-state index in [2.05, 4.69) is 50.4 Å². The standard InChI is InChI=1S/C23H29NO3S/c1-14(2)17-9-6-16(7-10-17)8-12-20(25)24-22-21(23(26)27-4)18-11-5-15(3)13-19(18)28-22/h6-7,9-10,14-15H,5,8,11-13H2,1-4H3,(H,24,25). The van der Waals surface area contributed by atoms with Crippen LogP contribution in [0.15, 0.2) is 24.3 Å². The fourth-order valence-electron chi connectivity index (χ4n) is 3.67. The molecule has 2 aromatic rings. The van der Waals surface area contributed by atoms with Gasteiger partial charge in [0.2, 0.25) is 5.91 Å². The molecule has 1 atom stereocenters. The van der Waals surface area contributed by atoms with Gasteiger partial charge in [-0.2, -0.15) is 0 Å². The van der Waals surface area contributed by atoms with Gasteiger partial charge in [-0.15, -0.1) is 11.3 Å². The summed E-state index contributed by atoms with van der Waals surface area (Å²) < 4.78 is 4.99. The van der Waals surface area contributed by atoms with Crippen molar-refractivity contribution in [2.45, 2.75) is 58.8 Å². The third kappa shape index (κ3) is 4.64. The summed E-state index contributed by atoms with van der Waals surface area (Å²) in [6, 6.07) is 8.44. The summed E-state index contributed by atoms with van der Waals surface area (Å²) in [7, 11) is 1.39. The number of nitrogens with one attached hydrogen (secondary N) is 1. The van der Waals surface area contributed by atoms with Crippen LogP contribution in [-0.4, -0.2) is 19.0 Å². The topological polar surface area (TPSA) is 55.4 Å². The van der Waals surface area contributed by atoms with Crippen LogP contribution in [0.2, 0.25) is 0 Å². The van der Waals surface area contributed by atoms with Crippen molar-refractivity contribution in [3.05, 3.63) is 51.4 Å². The van der Waals surface area contributed by atoms with E-state index in [1.807, 2.05) is 0 Å². The van der Waals surface area contributed by atoms with Gasteiger partial charge in [0, 0.05) is 11.3 Å². The molecule has 0 saturated carbocycles. The summed E-state index contributed by atoms with van der Waals surface area (Å²) in [6.07, 6.45) is 3.96. The summed E-state index contributed by atoms with van der Waals surface area (Å²) >= 11 is 1.53. The molecule has 150 valence electrons. The predicted molar refractivity (Wildman–Crippen MR) is 114 cm³/mol. The van der Waals surface area contributed by atoms with Crippen LogP contribution in [0.5, 0.6) is 0 Å². The zero-order chi connectivity index (χ0) is 20.3. The summed E-state index contributed by atoms with van der Waals surface area (Å²) in [5.74, 6) is 0.687.